The number of aromatic nitrogens is 1. The molecule has 5 heteroatoms. The average molecular weight is 232 g/mol. The molecule has 1 atom stereocenters. The number of carboxylic acid groups (broad SMARTS) is 1. The summed E-state index contributed by atoms with van der Waals surface area (Å²) < 4.78 is 0. The Hall–Kier alpha value is -2.30. The Morgan fingerprint density at radius 3 is 2.82 bits per heavy atom. The van der Waals surface area contributed by atoms with Gasteiger partial charge in [-0.2, -0.15) is 0 Å². The Morgan fingerprint density at radius 1 is 1.47 bits per heavy atom. The highest BCUT2D eigenvalue weighted by molar-refractivity contribution is 5.92. The van der Waals surface area contributed by atoms with Crippen LogP contribution in [0.1, 0.15) is 12.5 Å². The fourth-order valence-electron chi connectivity index (χ4n) is 1.86. The Balaban J connectivity index is 2.64. The number of benzene rings is 1. The van der Waals surface area contributed by atoms with Crippen LogP contribution >= 0.6 is 0 Å². The van der Waals surface area contributed by atoms with Crippen molar-refractivity contribution in [3.63, 3.8) is 0 Å². The summed E-state index contributed by atoms with van der Waals surface area (Å²) in [6.45, 7) is 1.46. The van der Waals surface area contributed by atoms with Crippen LogP contribution in [-0.4, -0.2) is 22.5 Å². The van der Waals surface area contributed by atoms with E-state index >= 15 is 0 Å². The van der Waals surface area contributed by atoms with Crippen LogP contribution in [0, 0.1) is 0 Å². The minimum atomic E-state index is -1.43. The van der Waals surface area contributed by atoms with Crippen LogP contribution in [0.5, 0.6) is 0 Å². The van der Waals surface area contributed by atoms with Crippen molar-refractivity contribution in [1.82, 2.24) is 10.3 Å². The van der Waals surface area contributed by atoms with Crippen LogP contribution in [0.3, 0.4) is 0 Å². The number of carboxylic acids is 1. The monoisotopic (exact) mass is 232 g/mol. The van der Waals surface area contributed by atoms with E-state index in [0.717, 1.165) is 10.9 Å². The lowest BCUT2D eigenvalue weighted by Crippen LogP contribution is -2.45. The molecule has 1 aromatic heterocycles. The van der Waals surface area contributed by atoms with Gasteiger partial charge in [-0.05, 0) is 13.0 Å². The maximum absolute atomic E-state index is 11.3. The van der Waals surface area contributed by atoms with E-state index < -0.39 is 11.5 Å². The normalized spacial score (nSPS) is 14.2. The molecular formula is C12H12N2O3. The predicted octanol–water partition coefficient (Wildman–Crippen LogP) is 1.21. The smallest absolute Gasteiger partial charge is 0.333 e. The second kappa shape index (κ2) is 3.93. The lowest BCUT2D eigenvalue weighted by Gasteiger charge is -2.23. The Bertz CT molecular complexity index is 576. The minimum absolute atomic E-state index is 0.399. The number of carbonyl (C=O) groups excluding carboxylic acids is 1. The standard InChI is InChI=1S/C12H12N2O3/c1-12(11(16)17,14-7-15)9-6-13-10-5-3-2-4-8(9)10/h2-7,13H,1H3,(H,14,15)(H,16,17). The maximum Gasteiger partial charge on any atom is 0.333 e. The predicted molar refractivity (Wildman–Crippen MR) is 62.5 cm³/mol. The molecule has 5 nitrogen and oxygen atoms in total. The second-order valence-corrected chi connectivity index (χ2v) is 3.94. The minimum Gasteiger partial charge on any atom is -0.479 e. The van der Waals surface area contributed by atoms with E-state index in [4.69, 9.17) is 0 Å². The van der Waals surface area contributed by atoms with E-state index in [9.17, 15) is 14.7 Å². The molecule has 1 unspecified atom stereocenters. The van der Waals surface area contributed by atoms with Gasteiger partial charge in [-0.3, -0.25) is 4.79 Å². The lowest BCUT2D eigenvalue weighted by molar-refractivity contribution is -0.145. The Kier molecular flexibility index (Phi) is 2.59. The number of hydrogen-bond donors (Lipinski definition) is 3. The van der Waals surface area contributed by atoms with E-state index in [0.29, 0.717) is 12.0 Å². The lowest BCUT2D eigenvalue weighted by atomic mass is 9.92. The van der Waals surface area contributed by atoms with Gasteiger partial charge in [-0.1, -0.05) is 18.2 Å². The molecule has 0 fully saturated rings. The van der Waals surface area contributed by atoms with E-state index in [2.05, 4.69) is 10.3 Å². The largest absolute Gasteiger partial charge is 0.479 e. The zero-order chi connectivity index (χ0) is 12.5. The van der Waals surface area contributed by atoms with Gasteiger partial charge in [-0.25, -0.2) is 4.79 Å². The first kappa shape index (κ1) is 11.2. The molecule has 0 saturated heterocycles. The van der Waals surface area contributed by atoms with Crippen molar-refractivity contribution in [3.8, 4) is 0 Å². The van der Waals surface area contributed by atoms with Crippen molar-refractivity contribution in [2.45, 2.75) is 12.5 Å². The molecule has 3 N–H and O–H groups in total. The number of H-pyrrole nitrogens is 1. The summed E-state index contributed by atoms with van der Waals surface area (Å²) in [6.07, 6.45) is 2.01. The van der Waals surface area contributed by atoms with Crippen LogP contribution in [0.2, 0.25) is 0 Å². The molecule has 2 aromatic rings. The van der Waals surface area contributed by atoms with Crippen molar-refractivity contribution in [2.75, 3.05) is 0 Å². The highest BCUT2D eigenvalue weighted by Gasteiger charge is 2.36. The molecule has 0 spiro atoms. The van der Waals surface area contributed by atoms with Gasteiger partial charge >= 0.3 is 5.97 Å². The number of amides is 1. The Morgan fingerprint density at radius 2 is 2.18 bits per heavy atom. The van der Waals surface area contributed by atoms with Crippen LogP contribution in [-0.2, 0) is 15.1 Å². The number of aromatic amines is 1. The van der Waals surface area contributed by atoms with Crippen molar-refractivity contribution in [1.29, 1.82) is 0 Å². The van der Waals surface area contributed by atoms with Gasteiger partial charge in [0.15, 0.2) is 5.54 Å². The molecular weight excluding hydrogens is 220 g/mol. The third kappa shape index (κ3) is 1.65. The summed E-state index contributed by atoms with van der Waals surface area (Å²) in [4.78, 5) is 24.9. The van der Waals surface area contributed by atoms with Gasteiger partial charge in [0.05, 0.1) is 0 Å². The molecule has 2 rings (SSSR count). The molecule has 0 radical (unpaired) electrons. The van der Waals surface area contributed by atoms with Gasteiger partial charge in [0.2, 0.25) is 6.41 Å². The van der Waals surface area contributed by atoms with Crippen LogP contribution in [0.15, 0.2) is 30.5 Å². The molecule has 1 heterocycles. The maximum atomic E-state index is 11.3. The molecule has 88 valence electrons. The van der Waals surface area contributed by atoms with E-state index in [1.165, 1.54) is 6.92 Å². The van der Waals surface area contributed by atoms with Crippen LogP contribution in [0.25, 0.3) is 10.9 Å². The molecule has 0 aliphatic carbocycles. The number of carbonyl (C=O) groups is 2. The fourth-order valence-corrected chi connectivity index (χ4v) is 1.86. The van der Waals surface area contributed by atoms with Crippen molar-refractivity contribution < 1.29 is 14.7 Å². The zero-order valence-corrected chi connectivity index (χ0v) is 9.23. The first-order valence-electron chi connectivity index (χ1n) is 5.11. The number of hydrogen-bond acceptors (Lipinski definition) is 2. The van der Waals surface area contributed by atoms with E-state index in [-0.39, 0.29) is 0 Å². The van der Waals surface area contributed by atoms with Gasteiger partial charge in [0, 0.05) is 22.7 Å². The van der Waals surface area contributed by atoms with Crippen LogP contribution < -0.4 is 5.32 Å². The summed E-state index contributed by atoms with van der Waals surface area (Å²) in [6, 6.07) is 7.34. The summed E-state index contributed by atoms with van der Waals surface area (Å²) in [5, 5.41) is 12.4. The highest BCUT2D eigenvalue weighted by Crippen LogP contribution is 2.28. The third-order valence-corrected chi connectivity index (χ3v) is 2.90. The van der Waals surface area contributed by atoms with E-state index in [1.807, 2.05) is 24.3 Å². The summed E-state index contributed by atoms with van der Waals surface area (Å²) >= 11 is 0. The number of para-hydroxylation sites is 1. The van der Waals surface area contributed by atoms with E-state index in [1.54, 1.807) is 6.20 Å². The Labute approximate surface area is 97.4 Å². The van der Waals surface area contributed by atoms with Crippen molar-refractivity contribution in [3.05, 3.63) is 36.0 Å². The van der Waals surface area contributed by atoms with Gasteiger partial charge < -0.3 is 15.4 Å². The SMILES string of the molecule is CC(NC=O)(C(=O)O)c1c[nH]c2ccccc12. The number of fused-ring (bicyclic) bond motifs is 1. The fraction of sp³-hybridized carbons (Fsp3) is 0.167. The molecule has 1 aromatic carbocycles. The first-order chi connectivity index (χ1) is 8.09. The molecule has 17 heavy (non-hydrogen) atoms. The average Bonchev–Trinajstić information content (AvgIpc) is 2.73. The zero-order valence-electron chi connectivity index (χ0n) is 9.23. The van der Waals surface area contributed by atoms with Crippen molar-refractivity contribution in [2.24, 2.45) is 0 Å². The highest BCUT2D eigenvalue weighted by atomic mass is 16.4. The second-order valence-electron chi connectivity index (χ2n) is 3.94. The summed E-state index contributed by atoms with van der Waals surface area (Å²) in [5.41, 5.74) is -0.0585. The van der Waals surface area contributed by atoms with Gasteiger partial charge in [0.1, 0.15) is 0 Å². The molecule has 0 aliphatic rings. The molecule has 0 saturated carbocycles. The summed E-state index contributed by atoms with van der Waals surface area (Å²) in [7, 11) is 0. The molecule has 0 bridgehead atoms. The number of nitrogens with one attached hydrogen (secondary N) is 2. The van der Waals surface area contributed by atoms with Crippen molar-refractivity contribution >= 4 is 23.3 Å². The molecule has 0 aliphatic heterocycles. The molecule has 1 amide bonds. The first-order valence-corrected chi connectivity index (χ1v) is 5.11. The van der Waals surface area contributed by atoms with Gasteiger partial charge in [-0.15, -0.1) is 0 Å². The quantitative estimate of drug-likeness (QED) is 0.693. The summed E-state index contributed by atoms with van der Waals surface area (Å²) in [5.74, 6) is -1.10. The topological polar surface area (TPSA) is 82.2 Å². The van der Waals surface area contributed by atoms with Crippen LogP contribution in [0.4, 0.5) is 0 Å². The number of aliphatic carboxylic acids is 1. The number of rotatable bonds is 4. The third-order valence-electron chi connectivity index (χ3n) is 2.90. The van der Waals surface area contributed by atoms with Gasteiger partial charge in [0.25, 0.3) is 0 Å².